The van der Waals surface area contributed by atoms with E-state index in [-0.39, 0.29) is 35.8 Å². The van der Waals surface area contributed by atoms with Crippen LogP contribution in [-0.2, 0) is 11.3 Å². The van der Waals surface area contributed by atoms with Crippen LogP contribution in [0.5, 0.6) is 0 Å². The van der Waals surface area contributed by atoms with Gasteiger partial charge in [0.15, 0.2) is 5.96 Å². The van der Waals surface area contributed by atoms with Crippen LogP contribution in [0, 0.1) is 5.92 Å². The Balaban J connectivity index is 0.00000341. The zero-order chi connectivity index (χ0) is 21.2. The summed E-state index contributed by atoms with van der Waals surface area (Å²) >= 11 is 0. The first-order valence-corrected chi connectivity index (χ1v) is 11.4. The second-order valence-corrected chi connectivity index (χ2v) is 8.58. The number of rotatable bonds is 8. The van der Waals surface area contributed by atoms with Crippen molar-refractivity contribution < 1.29 is 4.79 Å². The summed E-state index contributed by atoms with van der Waals surface area (Å²) in [5.41, 5.74) is 6.86. The third-order valence-corrected chi connectivity index (χ3v) is 6.25. The number of nitrogens with two attached hydrogens (primary N) is 1. The molecule has 0 aliphatic carbocycles. The van der Waals surface area contributed by atoms with Crippen molar-refractivity contribution in [1.29, 1.82) is 0 Å². The highest BCUT2D eigenvalue weighted by Gasteiger charge is 2.23. The van der Waals surface area contributed by atoms with E-state index in [0.717, 1.165) is 83.9 Å². The molecule has 1 amide bonds. The molecule has 1 aromatic rings. The average molecular weight is 543 g/mol. The maximum absolute atomic E-state index is 11.4. The lowest BCUT2D eigenvalue weighted by atomic mass is 9.97. The van der Waals surface area contributed by atoms with Crippen LogP contribution in [0.2, 0.25) is 0 Å². The lowest BCUT2D eigenvalue weighted by molar-refractivity contribution is -0.123. The Morgan fingerprint density at radius 2 is 1.87 bits per heavy atom. The molecule has 2 aliphatic heterocycles. The molecule has 0 aromatic heterocycles. The predicted molar refractivity (Wildman–Crippen MR) is 138 cm³/mol. The first-order chi connectivity index (χ1) is 14.6. The van der Waals surface area contributed by atoms with Crippen molar-refractivity contribution in [1.82, 2.24) is 20.4 Å². The predicted octanol–water partition coefficient (Wildman–Crippen LogP) is 2.02. The molecule has 0 spiro atoms. The van der Waals surface area contributed by atoms with Gasteiger partial charge in [-0.25, -0.2) is 0 Å². The molecule has 0 saturated carbocycles. The van der Waals surface area contributed by atoms with Gasteiger partial charge in [-0.3, -0.25) is 14.7 Å². The number of amides is 1. The summed E-state index contributed by atoms with van der Waals surface area (Å²) in [4.78, 5) is 20.7. The highest BCUT2D eigenvalue weighted by Crippen LogP contribution is 2.16. The smallest absolute Gasteiger partial charge is 0.221 e. The number of carbonyl (C=O) groups excluding carboxylic acids is 1. The zero-order valence-corrected chi connectivity index (χ0v) is 21.1. The fourth-order valence-corrected chi connectivity index (χ4v) is 4.47. The summed E-state index contributed by atoms with van der Waals surface area (Å²) in [6, 6.07) is 11.2. The molecule has 1 aromatic carbocycles. The van der Waals surface area contributed by atoms with Gasteiger partial charge in [0.05, 0.1) is 5.92 Å². The molecular weight excluding hydrogens is 503 g/mol. The van der Waals surface area contributed by atoms with Crippen LogP contribution >= 0.6 is 24.0 Å². The summed E-state index contributed by atoms with van der Waals surface area (Å²) < 4.78 is 0. The van der Waals surface area contributed by atoms with E-state index >= 15 is 0 Å². The molecule has 2 heterocycles. The Labute approximate surface area is 204 Å². The number of halogens is 1. The molecular formula is C23H39IN6O. The van der Waals surface area contributed by atoms with E-state index in [1.165, 1.54) is 5.56 Å². The van der Waals surface area contributed by atoms with E-state index in [0.29, 0.717) is 6.04 Å². The number of primary amides is 1. The molecule has 2 aliphatic rings. The van der Waals surface area contributed by atoms with E-state index in [1.807, 2.05) is 7.05 Å². The van der Waals surface area contributed by atoms with Gasteiger partial charge in [-0.05, 0) is 50.8 Å². The van der Waals surface area contributed by atoms with Gasteiger partial charge in [-0.15, -0.1) is 24.0 Å². The highest BCUT2D eigenvalue weighted by atomic mass is 127. The maximum atomic E-state index is 11.4. The molecule has 2 fully saturated rings. The van der Waals surface area contributed by atoms with Crippen molar-refractivity contribution in [2.24, 2.45) is 16.6 Å². The summed E-state index contributed by atoms with van der Waals surface area (Å²) in [5.74, 6) is 0.760. The summed E-state index contributed by atoms with van der Waals surface area (Å²) in [7, 11) is 1.84. The van der Waals surface area contributed by atoms with Crippen LogP contribution in [0.3, 0.4) is 0 Å². The molecule has 3 rings (SSSR count). The maximum Gasteiger partial charge on any atom is 0.221 e. The van der Waals surface area contributed by atoms with E-state index in [9.17, 15) is 4.79 Å². The normalized spacial score (nSPS) is 21.3. The minimum absolute atomic E-state index is 0. The molecule has 2 saturated heterocycles. The van der Waals surface area contributed by atoms with Gasteiger partial charge < -0.3 is 21.3 Å². The molecule has 31 heavy (non-hydrogen) atoms. The van der Waals surface area contributed by atoms with Crippen LogP contribution in [0.15, 0.2) is 35.3 Å². The topological polar surface area (TPSA) is 86.0 Å². The number of nitrogens with one attached hydrogen (secondary N) is 2. The Bertz CT molecular complexity index is 678. The van der Waals surface area contributed by atoms with Gasteiger partial charge in [0.1, 0.15) is 0 Å². The summed E-state index contributed by atoms with van der Waals surface area (Å²) in [6.45, 7) is 7.00. The number of likely N-dealkylation sites (tertiary alicyclic amines) is 2. The van der Waals surface area contributed by atoms with Gasteiger partial charge in [0.25, 0.3) is 0 Å². The molecule has 1 atom stereocenters. The number of benzene rings is 1. The Hall–Kier alpha value is -1.39. The lowest BCUT2D eigenvalue weighted by Crippen LogP contribution is -2.49. The number of hydrogen-bond acceptors (Lipinski definition) is 4. The quantitative estimate of drug-likeness (QED) is 0.203. The van der Waals surface area contributed by atoms with Gasteiger partial charge in [-0.1, -0.05) is 30.3 Å². The van der Waals surface area contributed by atoms with Crippen molar-refractivity contribution in [3.05, 3.63) is 35.9 Å². The minimum Gasteiger partial charge on any atom is -0.369 e. The number of nitrogens with zero attached hydrogens (tertiary/aromatic N) is 3. The number of hydrogen-bond donors (Lipinski definition) is 3. The van der Waals surface area contributed by atoms with E-state index in [2.05, 4.69) is 55.8 Å². The number of carbonyl (C=O) groups is 1. The fourth-order valence-electron chi connectivity index (χ4n) is 4.47. The van der Waals surface area contributed by atoms with E-state index in [4.69, 9.17) is 5.73 Å². The molecule has 7 nitrogen and oxygen atoms in total. The third-order valence-electron chi connectivity index (χ3n) is 6.25. The van der Waals surface area contributed by atoms with E-state index < -0.39 is 0 Å². The molecule has 174 valence electrons. The lowest BCUT2D eigenvalue weighted by Gasteiger charge is -2.33. The molecule has 0 bridgehead atoms. The number of piperidine rings is 2. The number of aliphatic imine (C=N–C) groups is 1. The Morgan fingerprint density at radius 3 is 2.55 bits per heavy atom. The van der Waals surface area contributed by atoms with Crippen LogP contribution in [-0.4, -0.2) is 74.0 Å². The summed E-state index contributed by atoms with van der Waals surface area (Å²) in [6.07, 6.45) is 5.30. The van der Waals surface area contributed by atoms with Crippen molar-refractivity contribution in [2.75, 3.05) is 46.3 Å². The molecule has 4 N–H and O–H groups in total. The van der Waals surface area contributed by atoms with Crippen molar-refractivity contribution >= 4 is 35.8 Å². The second-order valence-electron chi connectivity index (χ2n) is 8.58. The standard InChI is InChI=1S/C23H38N6O.HI/c1-25-23(26-12-6-14-28-13-5-9-20(18-28)22(24)30)27-21-10-15-29(16-11-21)17-19-7-3-2-4-8-19;/h2-4,7-8,20-21H,5-6,9-18H2,1H3,(H2,24,30)(H2,25,26,27);1H. The third kappa shape index (κ3) is 8.94. The first-order valence-electron chi connectivity index (χ1n) is 11.4. The Morgan fingerprint density at radius 1 is 1.13 bits per heavy atom. The Kier molecular flexibility index (Phi) is 11.6. The van der Waals surface area contributed by atoms with Crippen molar-refractivity contribution in [2.45, 2.75) is 44.7 Å². The molecule has 1 unspecified atom stereocenters. The van der Waals surface area contributed by atoms with Crippen molar-refractivity contribution in [3.63, 3.8) is 0 Å². The van der Waals surface area contributed by atoms with Crippen molar-refractivity contribution in [3.8, 4) is 0 Å². The highest BCUT2D eigenvalue weighted by molar-refractivity contribution is 14.0. The average Bonchev–Trinajstić information content (AvgIpc) is 2.78. The monoisotopic (exact) mass is 542 g/mol. The second kappa shape index (κ2) is 13.9. The number of guanidine groups is 1. The van der Waals surface area contributed by atoms with Gasteiger partial charge in [0.2, 0.25) is 5.91 Å². The largest absolute Gasteiger partial charge is 0.369 e. The molecule has 8 heteroatoms. The van der Waals surface area contributed by atoms with Gasteiger partial charge in [-0.2, -0.15) is 0 Å². The van der Waals surface area contributed by atoms with E-state index in [1.54, 1.807) is 0 Å². The van der Waals surface area contributed by atoms with Crippen LogP contribution in [0.25, 0.3) is 0 Å². The SMILES string of the molecule is CN=C(NCCCN1CCCC(C(N)=O)C1)NC1CCN(Cc2ccccc2)CC1.I. The van der Waals surface area contributed by atoms with Crippen LogP contribution in [0.4, 0.5) is 0 Å². The molecule has 0 radical (unpaired) electrons. The van der Waals surface area contributed by atoms with Gasteiger partial charge in [0, 0.05) is 45.8 Å². The van der Waals surface area contributed by atoms with Crippen LogP contribution < -0.4 is 16.4 Å². The van der Waals surface area contributed by atoms with Crippen LogP contribution in [0.1, 0.15) is 37.7 Å². The fraction of sp³-hybridized carbons (Fsp3) is 0.652. The zero-order valence-electron chi connectivity index (χ0n) is 18.8. The first kappa shape index (κ1) is 25.9. The summed E-state index contributed by atoms with van der Waals surface area (Å²) in [5, 5.41) is 7.04. The minimum atomic E-state index is -0.155. The van der Waals surface area contributed by atoms with Gasteiger partial charge >= 0.3 is 0 Å².